The summed E-state index contributed by atoms with van der Waals surface area (Å²) in [7, 11) is 3.60. The van der Waals surface area contributed by atoms with Crippen molar-refractivity contribution in [1.82, 2.24) is 14.7 Å². The normalized spacial score (nSPS) is 16.0. The third-order valence-corrected chi connectivity index (χ3v) is 4.42. The first-order valence-electron chi connectivity index (χ1n) is 8.82. The summed E-state index contributed by atoms with van der Waals surface area (Å²) < 4.78 is 5.81. The van der Waals surface area contributed by atoms with E-state index in [1.54, 1.807) is 19.0 Å². The molecule has 0 atom stereocenters. The highest BCUT2D eigenvalue weighted by Crippen LogP contribution is 2.12. The van der Waals surface area contributed by atoms with Crippen molar-refractivity contribution in [2.24, 2.45) is 0 Å². The minimum atomic E-state index is 0.164. The molecule has 1 aliphatic rings. The Morgan fingerprint density at radius 2 is 1.84 bits per heavy atom. The topological polar surface area (TPSA) is 59.8 Å². The first-order chi connectivity index (χ1) is 12.1. The van der Waals surface area contributed by atoms with E-state index >= 15 is 0 Å². The lowest BCUT2D eigenvalue weighted by atomic mass is 10.2. The quantitative estimate of drug-likeness (QED) is 0.744. The van der Waals surface area contributed by atoms with Gasteiger partial charge in [-0.05, 0) is 37.2 Å². The summed E-state index contributed by atoms with van der Waals surface area (Å²) in [4.78, 5) is 18.1. The maximum Gasteiger partial charge on any atom is 0.236 e. The Balaban J connectivity index is 1.69. The van der Waals surface area contributed by atoms with Gasteiger partial charge in [0.05, 0.1) is 19.0 Å². The number of rotatable bonds is 7. The van der Waals surface area contributed by atoms with Gasteiger partial charge in [0, 0.05) is 33.7 Å². The molecule has 0 saturated carbocycles. The van der Waals surface area contributed by atoms with Crippen molar-refractivity contribution in [3.05, 3.63) is 29.8 Å². The van der Waals surface area contributed by atoms with E-state index in [-0.39, 0.29) is 5.91 Å². The van der Waals surface area contributed by atoms with Gasteiger partial charge in [-0.2, -0.15) is 5.26 Å². The van der Waals surface area contributed by atoms with E-state index in [0.29, 0.717) is 19.6 Å². The number of amides is 1. The van der Waals surface area contributed by atoms with E-state index in [1.807, 2.05) is 24.3 Å². The van der Waals surface area contributed by atoms with Crippen LogP contribution in [0.2, 0.25) is 0 Å². The van der Waals surface area contributed by atoms with Crippen molar-refractivity contribution in [2.75, 3.05) is 60.0 Å². The van der Waals surface area contributed by atoms with Crippen molar-refractivity contribution >= 4 is 5.91 Å². The van der Waals surface area contributed by atoms with Gasteiger partial charge in [-0.3, -0.25) is 14.6 Å². The first kappa shape index (κ1) is 19.2. The van der Waals surface area contributed by atoms with Gasteiger partial charge >= 0.3 is 0 Å². The van der Waals surface area contributed by atoms with Crippen LogP contribution in [0.5, 0.6) is 5.75 Å². The molecule has 0 radical (unpaired) electrons. The van der Waals surface area contributed by atoms with Gasteiger partial charge in [0.2, 0.25) is 5.91 Å². The fraction of sp³-hybridized carbons (Fsp3) is 0.579. The van der Waals surface area contributed by atoms with E-state index < -0.39 is 0 Å². The Bertz CT molecular complexity index is 580. The zero-order chi connectivity index (χ0) is 18.1. The van der Waals surface area contributed by atoms with Crippen LogP contribution in [0.15, 0.2) is 24.3 Å². The summed E-state index contributed by atoms with van der Waals surface area (Å²) in [6.07, 6.45) is 1.50. The van der Waals surface area contributed by atoms with Crippen LogP contribution in [-0.4, -0.2) is 80.6 Å². The Hall–Kier alpha value is -2.10. The second-order valence-corrected chi connectivity index (χ2v) is 6.59. The zero-order valence-corrected chi connectivity index (χ0v) is 15.3. The summed E-state index contributed by atoms with van der Waals surface area (Å²) in [6, 6.07) is 9.85. The van der Waals surface area contributed by atoms with E-state index in [1.165, 1.54) is 0 Å². The van der Waals surface area contributed by atoms with Crippen LogP contribution >= 0.6 is 0 Å². The molecule has 0 aliphatic carbocycles. The molecular formula is C19H28N4O2. The molecule has 0 N–H and O–H groups in total. The van der Waals surface area contributed by atoms with Crippen molar-refractivity contribution in [2.45, 2.75) is 12.8 Å². The van der Waals surface area contributed by atoms with Crippen LogP contribution in [0.3, 0.4) is 0 Å². The first-order valence-corrected chi connectivity index (χ1v) is 8.82. The second kappa shape index (κ2) is 10.0. The number of carbonyl (C=O) groups excluding carboxylic acids is 1. The lowest BCUT2D eigenvalue weighted by Gasteiger charge is -2.22. The van der Waals surface area contributed by atoms with Crippen LogP contribution in [0.25, 0.3) is 0 Å². The average molecular weight is 344 g/mol. The summed E-state index contributed by atoms with van der Waals surface area (Å²) in [5.41, 5.74) is 1.01. The number of hydrogen-bond donors (Lipinski definition) is 0. The third kappa shape index (κ3) is 6.73. The van der Waals surface area contributed by atoms with Crippen LogP contribution in [0, 0.1) is 11.3 Å². The Morgan fingerprint density at radius 1 is 1.16 bits per heavy atom. The van der Waals surface area contributed by atoms with Crippen molar-refractivity contribution < 1.29 is 9.53 Å². The lowest BCUT2D eigenvalue weighted by molar-refractivity contribution is -0.129. The fourth-order valence-corrected chi connectivity index (χ4v) is 2.83. The number of nitrogens with zero attached hydrogens (tertiary/aromatic N) is 4. The molecule has 0 spiro atoms. The molecule has 136 valence electrons. The van der Waals surface area contributed by atoms with E-state index in [2.05, 4.69) is 15.9 Å². The predicted molar refractivity (Wildman–Crippen MR) is 97.4 cm³/mol. The fourth-order valence-electron chi connectivity index (χ4n) is 2.83. The van der Waals surface area contributed by atoms with Crippen LogP contribution in [-0.2, 0) is 11.2 Å². The third-order valence-electron chi connectivity index (χ3n) is 4.42. The maximum atomic E-state index is 11.8. The summed E-state index contributed by atoms with van der Waals surface area (Å²) in [5.74, 6) is 1.01. The Morgan fingerprint density at radius 3 is 2.52 bits per heavy atom. The molecule has 1 aliphatic heterocycles. The molecule has 1 aromatic rings. The number of carbonyl (C=O) groups is 1. The second-order valence-electron chi connectivity index (χ2n) is 6.59. The minimum Gasteiger partial charge on any atom is -0.492 e. The molecule has 0 aromatic heterocycles. The summed E-state index contributed by atoms with van der Waals surface area (Å²) in [6.45, 7) is 5.93. The monoisotopic (exact) mass is 344 g/mol. The average Bonchev–Trinajstić information content (AvgIpc) is 2.82. The van der Waals surface area contributed by atoms with E-state index in [9.17, 15) is 4.79 Å². The molecule has 1 saturated heterocycles. The Labute approximate surface area is 150 Å². The summed E-state index contributed by atoms with van der Waals surface area (Å²) >= 11 is 0. The van der Waals surface area contributed by atoms with Gasteiger partial charge in [0.15, 0.2) is 0 Å². The standard InChI is InChI=1S/C19H28N4O2/c1-21(2)19(24)16-23-11-3-10-22(12-13-23)14-15-25-18-6-4-17(5-7-18)8-9-20/h4-7H,3,8,10-16H2,1-2H3. The highest BCUT2D eigenvalue weighted by molar-refractivity contribution is 5.77. The number of nitriles is 1. The van der Waals surface area contributed by atoms with Gasteiger partial charge in [-0.15, -0.1) is 0 Å². The van der Waals surface area contributed by atoms with Crippen molar-refractivity contribution in [1.29, 1.82) is 5.26 Å². The summed E-state index contributed by atoms with van der Waals surface area (Å²) in [5, 5.41) is 8.68. The molecule has 1 amide bonds. The van der Waals surface area contributed by atoms with Gasteiger partial charge in [0.1, 0.15) is 12.4 Å². The zero-order valence-electron chi connectivity index (χ0n) is 15.3. The minimum absolute atomic E-state index is 0.164. The number of ether oxygens (including phenoxy) is 1. The largest absolute Gasteiger partial charge is 0.492 e. The van der Waals surface area contributed by atoms with Gasteiger partial charge in [-0.25, -0.2) is 0 Å². The SMILES string of the molecule is CN(C)C(=O)CN1CCCN(CCOc2ccc(CC#N)cc2)CC1. The van der Waals surface area contributed by atoms with Gasteiger partial charge in [-0.1, -0.05) is 12.1 Å². The Kier molecular flexibility index (Phi) is 7.71. The van der Waals surface area contributed by atoms with Crippen LogP contribution in [0.1, 0.15) is 12.0 Å². The highest BCUT2D eigenvalue weighted by atomic mass is 16.5. The molecule has 1 heterocycles. The van der Waals surface area contributed by atoms with Gasteiger partial charge in [0.25, 0.3) is 0 Å². The molecule has 6 heteroatoms. The molecule has 0 unspecified atom stereocenters. The smallest absolute Gasteiger partial charge is 0.236 e. The number of hydrogen-bond acceptors (Lipinski definition) is 5. The van der Waals surface area contributed by atoms with Crippen LogP contribution in [0.4, 0.5) is 0 Å². The molecule has 25 heavy (non-hydrogen) atoms. The van der Waals surface area contributed by atoms with E-state index in [4.69, 9.17) is 10.00 Å². The highest BCUT2D eigenvalue weighted by Gasteiger charge is 2.17. The molecule has 1 aromatic carbocycles. The maximum absolute atomic E-state index is 11.8. The van der Waals surface area contributed by atoms with Crippen LogP contribution < -0.4 is 4.74 Å². The molecule has 2 rings (SSSR count). The van der Waals surface area contributed by atoms with E-state index in [0.717, 1.165) is 50.5 Å². The van der Waals surface area contributed by atoms with Crippen molar-refractivity contribution in [3.8, 4) is 11.8 Å². The van der Waals surface area contributed by atoms with Crippen molar-refractivity contribution in [3.63, 3.8) is 0 Å². The lowest BCUT2D eigenvalue weighted by Crippen LogP contribution is -2.39. The number of likely N-dealkylation sites (N-methyl/N-ethyl adjacent to an activating group) is 1. The molecule has 0 bridgehead atoms. The predicted octanol–water partition coefficient (Wildman–Crippen LogP) is 1.23. The molecule has 6 nitrogen and oxygen atoms in total. The molecular weight excluding hydrogens is 316 g/mol. The number of benzene rings is 1. The van der Waals surface area contributed by atoms with Gasteiger partial charge < -0.3 is 9.64 Å². The molecule has 1 fully saturated rings.